The molecule has 288 valence electrons. The normalized spacial score (nSPS) is 14.8. The van der Waals surface area contributed by atoms with Gasteiger partial charge in [-0.15, -0.1) is 5.26 Å². The third-order valence-electron chi connectivity index (χ3n) is 10.1. The highest BCUT2D eigenvalue weighted by Gasteiger charge is 2.41. The van der Waals surface area contributed by atoms with Crippen molar-refractivity contribution in [2.24, 2.45) is 15.0 Å². The van der Waals surface area contributed by atoms with Crippen molar-refractivity contribution in [2.45, 2.75) is 19.3 Å². The second-order valence-electron chi connectivity index (χ2n) is 14.1. The average Bonchev–Trinajstić information content (AvgIpc) is 3.27. The lowest BCUT2D eigenvalue weighted by molar-refractivity contribution is 0.224. The summed E-state index contributed by atoms with van der Waals surface area (Å²) in [6, 6.07) is 46.0. The number of amides is 4. The molecule has 0 unspecified atom stereocenters. The van der Waals surface area contributed by atoms with Crippen molar-refractivity contribution in [3.05, 3.63) is 179 Å². The molecule has 2 fully saturated rings. The molecule has 0 aromatic heterocycles. The van der Waals surface area contributed by atoms with Gasteiger partial charge in [0.2, 0.25) is 18.0 Å². The van der Waals surface area contributed by atoms with Crippen molar-refractivity contribution in [1.29, 1.82) is 5.26 Å². The lowest BCUT2D eigenvalue weighted by Crippen LogP contribution is -2.63. The van der Waals surface area contributed by atoms with Crippen LogP contribution in [0.3, 0.4) is 0 Å². The predicted molar refractivity (Wildman–Crippen MR) is 227 cm³/mol. The van der Waals surface area contributed by atoms with E-state index in [1.165, 1.54) is 9.80 Å². The summed E-state index contributed by atoms with van der Waals surface area (Å²) in [5.41, 5.74) is 10.0. The summed E-state index contributed by atoms with van der Waals surface area (Å²) >= 11 is 0. The summed E-state index contributed by atoms with van der Waals surface area (Å²) < 4.78 is 4.86. The van der Waals surface area contributed by atoms with Gasteiger partial charge in [0.15, 0.2) is 0 Å². The van der Waals surface area contributed by atoms with E-state index in [9.17, 15) is 14.4 Å². The fourth-order valence-electron chi connectivity index (χ4n) is 6.86. The molecule has 8 rings (SSSR count). The summed E-state index contributed by atoms with van der Waals surface area (Å²) in [5.74, 6) is 1.59. The zero-order chi connectivity index (χ0) is 40.9. The van der Waals surface area contributed by atoms with E-state index in [2.05, 4.69) is 4.99 Å². The number of hydrogen-bond donors (Lipinski definition) is 0. The van der Waals surface area contributed by atoms with Gasteiger partial charge in [0, 0.05) is 14.1 Å². The van der Waals surface area contributed by atoms with Crippen molar-refractivity contribution >= 4 is 58.5 Å². The molecule has 2 saturated heterocycles. The van der Waals surface area contributed by atoms with Crippen molar-refractivity contribution < 1.29 is 19.1 Å². The maximum Gasteiger partial charge on any atom is 0.338 e. The second-order valence-corrected chi connectivity index (χ2v) is 14.1. The molecule has 0 bridgehead atoms. The zero-order valence-electron chi connectivity index (χ0n) is 32.2. The molecule has 0 spiro atoms. The lowest BCUT2D eigenvalue weighted by atomic mass is 10.0. The molecule has 2 heterocycles. The predicted octanol–water partition coefficient (Wildman–Crippen LogP) is 9.41. The Morgan fingerprint density at radius 3 is 1.15 bits per heavy atom. The number of nitrogens with zero attached hydrogens (tertiary/aromatic N) is 8. The molecule has 0 aliphatic carbocycles. The maximum atomic E-state index is 12.9. The topological polar surface area (TPSA) is 134 Å². The Hall–Kier alpha value is -8.13. The Balaban J connectivity index is 0.881. The van der Waals surface area contributed by atoms with Gasteiger partial charge in [-0.3, -0.25) is 9.80 Å². The molecule has 0 saturated carbocycles. The van der Waals surface area contributed by atoms with Crippen LogP contribution >= 0.6 is 0 Å². The van der Waals surface area contributed by atoms with Gasteiger partial charge in [-0.05, 0) is 125 Å². The molecule has 0 N–H and O–H groups in total. The molecule has 2 aliphatic rings. The van der Waals surface area contributed by atoms with Gasteiger partial charge < -0.3 is 4.74 Å². The average molecular weight is 777 g/mol. The fraction of sp³-hybridized carbons (Fsp3) is 0.106. The number of anilines is 2. The summed E-state index contributed by atoms with van der Waals surface area (Å²) in [7, 11) is 3.42. The number of nitriles is 1. The number of guanidine groups is 2. The van der Waals surface area contributed by atoms with E-state index >= 15 is 0 Å². The van der Waals surface area contributed by atoms with Gasteiger partial charge in [-0.2, -0.15) is 4.99 Å². The van der Waals surface area contributed by atoms with E-state index in [1.54, 1.807) is 60.5 Å². The quantitative estimate of drug-likeness (QED) is 0.0694. The minimum atomic E-state index is -0.161. The first kappa shape index (κ1) is 37.8. The number of urea groups is 2. The first-order valence-electron chi connectivity index (χ1n) is 18.8. The minimum absolute atomic E-state index is 0.158. The number of rotatable bonds is 12. The van der Waals surface area contributed by atoms with E-state index in [0.29, 0.717) is 36.2 Å². The molecule has 4 amide bonds. The maximum absolute atomic E-state index is 12.9. The van der Waals surface area contributed by atoms with E-state index in [4.69, 9.17) is 20.0 Å². The zero-order valence-corrected chi connectivity index (χ0v) is 32.2. The Morgan fingerprint density at radius 1 is 0.492 bits per heavy atom. The fourth-order valence-corrected chi connectivity index (χ4v) is 6.86. The number of benzene rings is 6. The van der Waals surface area contributed by atoms with Crippen LogP contribution in [0.4, 0.5) is 38.0 Å². The smallest absolute Gasteiger partial charge is 0.338 e. The van der Waals surface area contributed by atoms with Gasteiger partial charge in [0.1, 0.15) is 5.75 Å². The highest BCUT2D eigenvalue weighted by Crippen LogP contribution is 2.30. The van der Waals surface area contributed by atoms with Crippen LogP contribution in [0.15, 0.2) is 161 Å². The van der Waals surface area contributed by atoms with Crippen LogP contribution in [0.25, 0.3) is 0 Å². The molecule has 6 aromatic rings. The van der Waals surface area contributed by atoms with Crippen molar-refractivity contribution in [2.75, 3.05) is 23.9 Å². The van der Waals surface area contributed by atoms with Crippen LogP contribution < -0.4 is 14.5 Å². The SMILES string of the molecule is CN1C(=O)N(c2ccc(Cc3ccc(N=C=O)cc3)cc2)C1=Nc1ccc(Cc2ccc(N3C(=O)N(C)C3=Nc3ccc(Cc4ccc(OC#N)cc4)cc3)cc2)cc1. The lowest BCUT2D eigenvalue weighted by Gasteiger charge is -2.40. The molecule has 12 nitrogen and oxygen atoms in total. The van der Waals surface area contributed by atoms with Crippen molar-refractivity contribution in [3.63, 3.8) is 0 Å². The molecule has 6 aromatic carbocycles. The Labute approximate surface area is 340 Å². The first-order chi connectivity index (χ1) is 28.8. The molecule has 0 atom stereocenters. The minimum Gasteiger partial charge on any atom is -0.388 e. The molecular weight excluding hydrogens is 741 g/mol. The largest absolute Gasteiger partial charge is 0.388 e. The summed E-state index contributed by atoms with van der Waals surface area (Å²) in [6.07, 6.45) is 5.33. The van der Waals surface area contributed by atoms with Crippen LogP contribution in [0.2, 0.25) is 0 Å². The molecular formula is C47H36N8O4. The summed E-state index contributed by atoms with van der Waals surface area (Å²) in [4.78, 5) is 55.8. The van der Waals surface area contributed by atoms with Crippen LogP contribution in [-0.4, -0.2) is 54.0 Å². The summed E-state index contributed by atoms with van der Waals surface area (Å²) in [6.45, 7) is 0. The number of isocyanates is 1. The Bertz CT molecular complexity index is 2660. The third-order valence-corrected chi connectivity index (χ3v) is 10.1. The van der Waals surface area contributed by atoms with E-state index in [-0.39, 0.29) is 12.1 Å². The standard InChI is InChI=1S/C47H36N8O4/c1-52-44(54(46(52)57)41-21-9-35(10-22-41)27-32-3-15-38(16-4-32)49-31-56)50-39-17-5-33(6-18-39)28-36-11-23-42(24-12-36)55-45(53(2)47(55)58)51-40-19-7-34(8-20-40)29-37-13-25-43(26-14-37)59-30-48/h3-26H,27-29H2,1-2H3. The monoisotopic (exact) mass is 776 g/mol. The number of hydrogen-bond acceptors (Lipinski definition) is 8. The van der Waals surface area contributed by atoms with Gasteiger partial charge in [-0.25, -0.2) is 34.2 Å². The van der Waals surface area contributed by atoms with Crippen molar-refractivity contribution in [3.8, 4) is 12.0 Å². The van der Waals surface area contributed by atoms with Crippen LogP contribution in [0.1, 0.15) is 33.4 Å². The van der Waals surface area contributed by atoms with E-state index < -0.39 is 0 Å². The highest BCUT2D eigenvalue weighted by atomic mass is 16.5. The molecule has 0 radical (unpaired) electrons. The van der Waals surface area contributed by atoms with E-state index in [0.717, 1.165) is 62.6 Å². The van der Waals surface area contributed by atoms with Gasteiger partial charge >= 0.3 is 12.1 Å². The Morgan fingerprint density at radius 2 is 0.814 bits per heavy atom. The van der Waals surface area contributed by atoms with Gasteiger partial charge in [0.25, 0.3) is 6.26 Å². The number of ether oxygens (including phenoxy) is 1. The van der Waals surface area contributed by atoms with Gasteiger partial charge in [-0.1, -0.05) is 72.8 Å². The molecule has 12 heteroatoms. The number of aliphatic imine (C=N–C) groups is 3. The van der Waals surface area contributed by atoms with Crippen molar-refractivity contribution in [1.82, 2.24) is 9.80 Å². The number of carbonyl (C=O) groups is 2. The molecule has 59 heavy (non-hydrogen) atoms. The van der Waals surface area contributed by atoms with Crippen LogP contribution in [0.5, 0.6) is 5.75 Å². The van der Waals surface area contributed by atoms with Crippen LogP contribution in [-0.2, 0) is 24.1 Å². The van der Waals surface area contributed by atoms with E-state index in [1.807, 2.05) is 121 Å². The Kier molecular flexibility index (Phi) is 10.6. The van der Waals surface area contributed by atoms with Gasteiger partial charge in [0.05, 0.1) is 28.4 Å². The summed E-state index contributed by atoms with van der Waals surface area (Å²) in [5, 5.41) is 8.69. The highest BCUT2D eigenvalue weighted by molar-refractivity contribution is 6.31. The second kappa shape index (κ2) is 16.5. The molecule has 2 aliphatic heterocycles. The third kappa shape index (κ3) is 8.23. The van der Waals surface area contributed by atoms with Crippen LogP contribution in [0, 0.1) is 11.5 Å². The number of carbonyl (C=O) groups excluding carboxylic acids is 3. The first-order valence-corrected chi connectivity index (χ1v) is 18.8.